The van der Waals surface area contributed by atoms with Gasteiger partial charge in [-0.1, -0.05) is 12.1 Å². The molecule has 20 heavy (non-hydrogen) atoms. The molecule has 0 aromatic heterocycles. The molecule has 1 N–H and O–H groups in total. The van der Waals surface area contributed by atoms with E-state index in [-0.39, 0.29) is 10.6 Å². The standard InChI is InChI=1S/C15H23N3O2/c1-12(2)17-8-6-14(7-9-17)16-11-13-4-3-5-15(10-13)18(19)20/h3-5,10,12,14,16H,6-9,11H2,1-2H3. The van der Waals surface area contributed by atoms with Gasteiger partial charge in [-0.05, 0) is 45.3 Å². The number of piperidine rings is 1. The third-order valence-electron chi connectivity index (χ3n) is 3.98. The molecule has 0 amide bonds. The number of nitrogens with one attached hydrogen (secondary N) is 1. The Kier molecular flexibility index (Phi) is 5.09. The van der Waals surface area contributed by atoms with Crippen molar-refractivity contribution in [2.45, 2.75) is 45.3 Å². The van der Waals surface area contributed by atoms with E-state index in [9.17, 15) is 10.1 Å². The molecule has 1 heterocycles. The summed E-state index contributed by atoms with van der Waals surface area (Å²) < 4.78 is 0. The zero-order valence-electron chi connectivity index (χ0n) is 12.2. The number of hydrogen-bond acceptors (Lipinski definition) is 4. The minimum absolute atomic E-state index is 0.166. The highest BCUT2D eigenvalue weighted by Gasteiger charge is 2.20. The second kappa shape index (κ2) is 6.81. The lowest BCUT2D eigenvalue weighted by Crippen LogP contribution is -2.44. The Hall–Kier alpha value is -1.46. The second-order valence-corrected chi connectivity index (χ2v) is 5.71. The van der Waals surface area contributed by atoms with Gasteiger partial charge in [0.1, 0.15) is 0 Å². The molecule has 5 heteroatoms. The largest absolute Gasteiger partial charge is 0.310 e. The topological polar surface area (TPSA) is 58.4 Å². The van der Waals surface area contributed by atoms with Crippen LogP contribution in [0.1, 0.15) is 32.3 Å². The molecule has 0 spiro atoms. The van der Waals surface area contributed by atoms with Gasteiger partial charge in [-0.2, -0.15) is 0 Å². The molecule has 1 aliphatic rings. The Morgan fingerprint density at radius 1 is 1.40 bits per heavy atom. The van der Waals surface area contributed by atoms with Crippen molar-refractivity contribution in [2.75, 3.05) is 13.1 Å². The fourth-order valence-corrected chi connectivity index (χ4v) is 2.66. The van der Waals surface area contributed by atoms with E-state index < -0.39 is 0 Å². The first kappa shape index (κ1) is 14.9. The van der Waals surface area contributed by atoms with E-state index in [4.69, 9.17) is 0 Å². The molecule has 0 radical (unpaired) electrons. The average Bonchev–Trinajstić information content (AvgIpc) is 2.46. The third-order valence-corrected chi connectivity index (χ3v) is 3.98. The molecule has 1 fully saturated rings. The quantitative estimate of drug-likeness (QED) is 0.664. The maximum Gasteiger partial charge on any atom is 0.269 e. The first-order chi connectivity index (χ1) is 9.56. The first-order valence-corrected chi connectivity index (χ1v) is 7.27. The van der Waals surface area contributed by atoms with E-state index in [1.807, 2.05) is 6.07 Å². The van der Waals surface area contributed by atoms with Crippen LogP contribution in [0.5, 0.6) is 0 Å². The van der Waals surface area contributed by atoms with Crippen molar-refractivity contribution in [3.8, 4) is 0 Å². The van der Waals surface area contributed by atoms with Gasteiger partial charge in [0.25, 0.3) is 5.69 Å². The molecule has 0 bridgehead atoms. The maximum absolute atomic E-state index is 10.7. The predicted molar refractivity (Wildman–Crippen MR) is 79.7 cm³/mol. The van der Waals surface area contributed by atoms with E-state index in [1.165, 1.54) is 6.07 Å². The molecule has 1 saturated heterocycles. The van der Waals surface area contributed by atoms with Crippen LogP contribution in [0.3, 0.4) is 0 Å². The summed E-state index contributed by atoms with van der Waals surface area (Å²) in [5.74, 6) is 0. The number of nitro groups is 1. The van der Waals surface area contributed by atoms with Gasteiger partial charge in [0.2, 0.25) is 0 Å². The van der Waals surface area contributed by atoms with E-state index in [0.29, 0.717) is 18.6 Å². The summed E-state index contributed by atoms with van der Waals surface area (Å²) in [6.45, 7) is 7.43. The third kappa shape index (κ3) is 4.02. The molecule has 0 aliphatic carbocycles. The van der Waals surface area contributed by atoms with Crippen molar-refractivity contribution < 1.29 is 4.92 Å². The molecule has 1 aromatic rings. The molecule has 1 aliphatic heterocycles. The van der Waals surface area contributed by atoms with E-state index in [2.05, 4.69) is 24.1 Å². The fraction of sp³-hybridized carbons (Fsp3) is 0.600. The fourth-order valence-electron chi connectivity index (χ4n) is 2.66. The molecule has 0 atom stereocenters. The van der Waals surface area contributed by atoms with Crippen LogP contribution in [0, 0.1) is 10.1 Å². The van der Waals surface area contributed by atoms with Crippen molar-refractivity contribution in [1.29, 1.82) is 0 Å². The van der Waals surface area contributed by atoms with Crippen molar-refractivity contribution in [3.63, 3.8) is 0 Å². The van der Waals surface area contributed by atoms with Gasteiger partial charge in [-0.3, -0.25) is 10.1 Å². The highest BCUT2D eigenvalue weighted by Crippen LogP contribution is 2.15. The molecule has 1 aromatic carbocycles. The number of likely N-dealkylation sites (tertiary alicyclic amines) is 1. The van der Waals surface area contributed by atoms with Crippen LogP contribution in [0.2, 0.25) is 0 Å². The summed E-state index contributed by atoms with van der Waals surface area (Å²) in [5, 5.41) is 14.3. The Labute approximate surface area is 120 Å². The summed E-state index contributed by atoms with van der Waals surface area (Å²) in [6.07, 6.45) is 2.29. The monoisotopic (exact) mass is 277 g/mol. The molecule has 110 valence electrons. The minimum atomic E-state index is -0.343. The van der Waals surface area contributed by atoms with Crippen LogP contribution in [0.4, 0.5) is 5.69 Å². The van der Waals surface area contributed by atoms with Gasteiger partial charge in [0, 0.05) is 30.8 Å². The first-order valence-electron chi connectivity index (χ1n) is 7.27. The Morgan fingerprint density at radius 3 is 2.70 bits per heavy atom. The second-order valence-electron chi connectivity index (χ2n) is 5.71. The molecule has 2 rings (SSSR count). The zero-order valence-corrected chi connectivity index (χ0v) is 12.2. The van der Waals surface area contributed by atoms with Gasteiger partial charge in [-0.25, -0.2) is 0 Å². The molecule has 5 nitrogen and oxygen atoms in total. The number of nitrogens with zero attached hydrogens (tertiary/aromatic N) is 2. The number of rotatable bonds is 5. The lowest BCUT2D eigenvalue weighted by atomic mass is 10.0. The van der Waals surface area contributed by atoms with Crippen LogP contribution < -0.4 is 5.32 Å². The summed E-state index contributed by atoms with van der Waals surface area (Å²) >= 11 is 0. The molecule has 0 unspecified atom stereocenters. The van der Waals surface area contributed by atoms with Crippen LogP contribution in [0.25, 0.3) is 0 Å². The Morgan fingerprint density at radius 2 is 2.10 bits per heavy atom. The summed E-state index contributed by atoms with van der Waals surface area (Å²) in [4.78, 5) is 12.9. The SMILES string of the molecule is CC(C)N1CCC(NCc2cccc([N+](=O)[O-])c2)CC1. The summed E-state index contributed by atoms with van der Waals surface area (Å²) in [5.41, 5.74) is 1.14. The highest BCUT2D eigenvalue weighted by molar-refractivity contribution is 5.34. The van der Waals surface area contributed by atoms with Gasteiger partial charge >= 0.3 is 0 Å². The number of nitro benzene ring substituents is 1. The number of benzene rings is 1. The van der Waals surface area contributed by atoms with Crippen molar-refractivity contribution in [2.24, 2.45) is 0 Å². The summed E-state index contributed by atoms with van der Waals surface area (Å²) in [6, 6.07) is 8.00. The van der Waals surface area contributed by atoms with Crippen LogP contribution in [-0.4, -0.2) is 35.0 Å². The van der Waals surface area contributed by atoms with Gasteiger partial charge in [-0.15, -0.1) is 0 Å². The van der Waals surface area contributed by atoms with Crippen molar-refractivity contribution >= 4 is 5.69 Å². The van der Waals surface area contributed by atoms with Crippen molar-refractivity contribution in [3.05, 3.63) is 39.9 Å². The predicted octanol–water partition coefficient (Wildman–Crippen LogP) is 2.56. The maximum atomic E-state index is 10.7. The average molecular weight is 277 g/mol. The van der Waals surface area contributed by atoms with Gasteiger partial charge in [0.05, 0.1) is 4.92 Å². The van der Waals surface area contributed by atoms with E-state index in [1.54, 1.807) is 12.1 Å². The minimum Gasteiger partial charge on any atom is -0.310 e. The van der Waals surface area contributed by atoms with Crippen LogP contribution in [-0.2, 0) is 6.54 Å². The number of non-ortho nitro benzene ring substituents is 1. The zero-order chi connectivity index (χ0) is 14.5. The molecule has 0 saturated carbocycles. The van der Waals surface area contributed by atoms with Crippen LogP contribution >= 0.6 is 0 Å². The lowest BCUT2D eigenvalue weighted by molar-refractivity contribution is -0.384. The highest BCUT2D eigenvalue weighted by atomic mass is 16.6. The molecular weight excluding hydrogens is 254 g/mol. The van der Waals surface area contributed by atoms with Gasteiger partial charge < -0.3 is 10.2 Å². The van der Waals surface area contributed by atoms with Gasteiger partial charge in [0.15, 0.2) is 0 Å². The normalized spacial score (nSPS) is 17.6. The van der Waals surface area contributed by atoms with E-state index >= 15 is 0 Å². The van der Waals surface area contributed by atoms with Crippen LogP contribution in [0.15, 0.2) is 24.3 Å². The summed E-state index contributed by atoms with van der Waals surface area (Å²) in [7, 11) is 0. The van der Waals surface area contributed by atoms with Crippen molar-refractivity contribution in [1.82, 2.24) is 10.2 Å². The lowest BCUT2D eigenvalue weighted by Gasteiger charge is -2.35. The Bertz CT molecular complexity index is 454. The smallest absolute Gasteiger partial charge is 0.269 e. The number of hydrogen-bond donors (Lipinski definition) is 1. The van der Waals surface area contributed by atoms with E-state index in [0.717, 1.165) is 31.5 Å². The molecular formula is C15H23N3O2. The Balaban J connectivity index is 1.81.